The molecule has 1 aromatic carbocycles. The first-order valence-electron chi connectivity index (χ1n) is 4.87. The van der Waals surface area contributed by atoms with Crippen LogP contribution < -0.4 is 10.9 Å². The number of halogens is 2. The number of aromatic amines is 1. The Morgan fingerprint density at radius 3 is 2.83 bits per heavy atom. The Labute approximate surface area is 112 Å². The average molecular weight is 284 g/mol. The van der Waals surface area contributed by atoms with E-state index in [2.05, 4.69) is 15.3 Å². The van der Waals surface area contributed by atoms with Gasteiger partial charge in [-0.2, -0.15) is 0 Å². The standard InChI is InChI=1S/C11H7Cl2N3O2/c12-6-1-2-8(13)9(3-6)16-11(18)7-4-14-5-15-10(7)17/h1-5H,(H,16,18)(H,14,15,17). The minimum atomic E-state index is -0.603. The lowest BCUT2D eigenvalue weighted by molar-refractivity contribution is 0.102. The van der Waals surface area contributed by atoms with Crippen LogP contribution in [0.2, 0.25) is 10.0 Å². The number of H-pyrrole nitrogens is 1. The van der Waals surface area contributed by atoms with Crippen molar-refractivity contribution >= 4 is 34.8 Å². The topological polar surface area (TPSA) is 74.8 Å². The first-order chi connectivity index (χ1) is 8.58. The molecular weight excluding hydrogens is 277 g/mol. The van der Waals surface area contributed by atoms with Gasteiger partial charge in [0.05, 0.1) is 17.0 Å². The molecule has 1 aromatic heterocycles. The van der Waals surface area contributed by atoms with Gasteiger partial charge < -0.3 is 10.3 Å². The number of rotatable bonds is 2. The summed E-state index contributed by atoms with van der Waals surface area (Å²) in [5.41, 5.74) is -0.299. The lowest BCUT2D eigenvalue weighted by Gasteiger charge is -2.06. The number of amides is 1. The molecule has 7 heteroatoms. The SMILES string of the molecule is O=C(Nc1cc(Cl)ccc1Cl)c1cnc[nH]c1=O. The molecule has 0 fully saturated rings. The van der Waals surface area contributed by atoms with Crippen LogP contribution in [0.1, 0.15) is 10.4 Å². The van der Waals surface area contributed by atoms with Crippen LogP contribution in [0.5, 0.6) is 0 Å². The number of nitrogens with zero attached hydrogens (tertiary/aromatic N) is 1. The summed E-state index contributed by atoms with van der Waals surface area (Å²) in [7, 11) is 0. The molecule has 0 atom stereocenters. The number of hydrogen-bond donors (Lipinski definition) is 2. The molecular formula is C11H7Cl2N3O2. The number of benzene rings is 1. The van der Waals surface area contributed by atoms with Gasteiger partial charge in [-0.1, -0.05) is 23.2 Å². The molecule has 18 heavy (non-hydrogen) atoms. The Hall–Kier alpha value is -1.85. The molecule has 0 unspecified atom stereocenters. The van der Waals surface area contributed by atoms with Gasteiger partial charge >= 0.3 is 0 Å². The minimum Gasteiger partial charge on any atom is -0.320 e. The second kappa shape index (κ2) is 5.20. The highest BCUT2D eigenvalue weighted by Crippen LogP contribution is 2.25. The van der Waals surface area contributed by atoms with Gasteiger partial charge in [0.25, 0.3) is 11.5 Å². The van der Waals surface area contributed by atoms with E-state index in [1.165, 1.54) is 18.6 Å². The van der Waals surface area contributed by atoms with E-state index in [4.69, 9.17) is 23.2 Å². The van der Waals surface area contributed by atoms with E-state index in [1.807, 2.05) is 0 Å². The number of carbonyl (C=O) groups is 1. The number of aromatic nitrogens is 2. The Morgan fingerprint density at radius 2 is 2.11 bits per heavy atom. The van der Waals surface area contributed by atoms with Crippen molar-refractivity contribution in [1.29, 1.82) is 0 Å². The van der Waals surface area contributed by atoms with Crippen LogP contribution in [-0.4, -0.2) is 15.9 Å². The molecule has 2 N–H and O–H groups in total. The van der Waals surface area contributed by atoms with Crippen LogP contribution >= 0.6 is 23.2 Å². The van der Waals surface area contributed by atoms with E-state index in [-0.39, 0.29) is 5.56 Å². The third-order valence-electron chi connectivity index (χ3n) is 2.14. The summed E-state index contributed by atoms with van der Waals surface area (Å²) in [6, 6.07) is 4.63. The summed E-state index contributed by atoms with van der Waals surface area (Å²) in [5.74, 6) is -0.603. The Kier molecular flexibility index (Phi) is 3.64. The van der Waals surface area contributed by atoms with Crippen molar-refractivity contribution in [3.8, 4) is 0 Å². The molecule has 2 aromatic rings. The summed E-state index contributed by atoms with van der Waals surface area (Å²) in [4.78, 5) is 29.2. The summed E-state index contributed by atoms with van der Waals surface area (Å²) >= 11 is 11.7. The minimum absolute atomic E-state index is 0.103. The van der Waals surface area contributed by atoms with Crippen LogP contribution in [0.3, 0.4) is 0 Å². The maximum atomic E-state index is 11.8. The first-order valence-corrected chi connectivity index (χ1v) is 5.62. The lowest BCUT2D eigenvalue weighted by Crippen LogP contribution is -2.23. The predicted octanol–water partition coefficient (Wildman–Crippen LogP) is 2.33. The molecule has 0 aliphatic heterocycles. The highest BCUT2D eigenvalue weighted by molar-refractivity contribution is 6.35. The van der Waals surface area contributed by atoms with Crippen molar-refractivity contribution < 1.29 is 4.79 Å². The van der Waals surface area contributed by atoms with Gasteiger partial charge in [-0.3, -0.25) is 9.59 Å². The Bertz CT molecular complexity index is 655. The zero-order chi connectivity index (χ0) is 13.1. The van der Waals surface area contributed by atoms with Crippen LogP contribution in [0.4, 0.5) is 5.69 Å². The molecule has 0 saturated heterocycles. The number of nitrogens with one attached hydrogen (secondary N) is 2. The van der Waals surface area contributed by atoms with Gasteiger partial charge in [-0.25, -0.2) is 4.98 Å². The van der Waals surface area contributed by atoms with Gasteiger partial charge in [-0.05, 0) is 18.2 Å². The zero-order valence-electron chi connectivity index (χ0n) is 8.91. The normalized spacial score (nSPS) is 10.1. The third kappa shape index (κ3) is 2.69. The van der Waals surface area contributed by atoms with E-state index in [0.717, 1.165) is 0 Å². The van der Waals surface area contributed by atoms with Gasteiger partial charge in [0.1, 0.15) is 5.56 Å². The van der Waals surface area contributed by atoms with Gasteiger partial charge in [0.15, 0.2) is 0 Å². The molecule has 92 valence electrons. The average Bonchev–Trinajstić information content (AvgIpc) is 2.34. The van der Waals surface area contributed by atoms with Crippen LogP contribution in [-0.2, 0) is 0 Å². The Balaban J connectivity index is 2.30. The largest absolute Gasteiger partial charge is 0.320 e. The molecule has 0 radical (unpaired) electrons. The van der Waals surface area contributed by atoms with E-state index in [1.54, 1.807) is 12.1 Å². The second-order valence-electron chi connectivity index (χ2n) is 3.37. The number of hydrogen-bond acceptors (Lipinski definition) is 3. The monoisotopic (exact) mass is 283 g/mol. The maximum Gasteiger partial charge on any atom is 0.263 e. The smallest absolute Gasteiger partial charge is 0.263 e. The van der Waals surface area contributed by atoms with Crippen molar-refractivity contribution in [2.45, 2.75) is 0 Å². The third-order valence-corrected chi connectivity index (χ3v) is 2.70. The van der Waals surface area contributed by atoms with Crippen molar-refractivity contribution in [2.75, 3.05) is 5.32 Å². The first kappa shape index (κ1) is 12.6. The molecule has 0 aliphatic carbocycles. The molecule has 1 heterocycles. The fourth-order valence-corrected chi connectivity index (χ4v) is 1.63. The van der Waals surface area contributed by atoms with Crippen molar-refractivity contribution in [1.82, 2.24) is 9.97 Å². The number of carbonyl (C=O) groups excluding carboxylic acids is 1. The van der Waals surface area contributed by atoms with Crippen LogP contribution in [0.15, 0.2) is 35.5 Å². The Morgan fingerprint density at radius 1 is 1.33 bits per heavy atom. The fraction of sp³-hybridized carbons (Fsp3) is 0. The van der Waals surface area contributed by atoms with E-state index >= 15 is 0 Å². The summed E-state index contributed by atoms with van der Waals surface area (Å²) in [6.45, 7) is 0. The summed E-state index contributed by atoms with van der Waals surface area (Å²) in [6.07, 6.45) is 2.37. The molecule has 2 rings (SSSR count). The molecule has 1 amide bonds. The van der Waals surface area contributed by atoms with E-state index < -0.39 is 11.5 Å². The molecule has 5 nitrogen and oxygen atoms in total. The summed E-state index contributed by atoms with van der Waals surface area (Å²) in [5, 5.41) is 3.25. The highest BCUT2D eigenvalue weighted by atomic mass is 35.5. The second-order valence-corrected chi connectivity index (χ2v) is 4.22. The maximum absolute atomic E-state index is 11.8. The van der Waals surface area contributed by atoms with Crippen molar-refractivity contribution in [3.05, 3.63) is 56.7 Å². The highest BCUT2D eigenvalue weighted by Gasteiger charge is 2.12. The van der Waals surface area contributed by atoms with Crippen LogP contribution in [0, 0.1) is 0 Å². The molecule has 0 saturated carbocycles. The molecule has 0 bridgehead atoms. The van der Waals surface area contributed by atoms with Gasteiger partial charge in [0, 0.05) is 11.2 Å². The van der Waals surface area contributed by atoms with Crippen LogP contribution in [0.25, 0.3) is 0 Å². The quantitative estimate of drug-likeness (QED) is 0.888. The van der Waals surface area contributed by atoms with Crippen molar-refractivity contribution in [3.63, 3.8) is 0 Å². The molecule has 0 spiro atoms. The number of anilines is 1. The van der Waals surface area contributed by atoms with Gasteiger partial charge in [-0.15, -0.1) is 0 Å². The van der Waals surface area contributed by atoms with E-state index in [0.29, 0.717) is 15.7 Å². The lowest BCUT2D eigenvalue weighted by atomic mass is 10.2. The zero-order valence-corrected chi connectivity index (χ0v) is 10.4. The fourth-order valence-electron chi connectivity index (χ4n) is 1.29. The predicted molar refractivity (Wildman–Crippen MR) is 69.3 cm³/mol. The van der Waals surface area contributed by atoms with E-state index in [9.17, 15) is 9.59 Å². The molecule has 0 aliphatic rings. The van der Waals surface area contributed by atoms with Gasteiger partial charge in [0.2, 0.25) is 0 Å². The van der Waals surface area contributed by atoms with Crippen molar-refractivity contribution in [2.24, 2.45) is 0 Å². The summed E-state index contributed by atoms with van der Waals surface area (Å²) < 4.78 is 0.